The summed E-state index contributed by atoms with van der Waals surface area (Å²) >= 11 is 0. The lowest BCUT2D eigenvalue weighted by atomic mass is 9.82. The first-order valence-corrected chi connectivity index (χ1v) is 10.00. The van der Waals surface area contributed by atoms with E-state index in [1.54, 1.807) is 0 Å². The Labute approximate surface area is 169 Å². The van der Waals surface area contributed by atoms with Gasteiger partial charge in [0.2, 0.25) is 0 Å². The van der Waals surface area contributed by atoms with Gasteiger partial charge in [-0.2, -0.15) is 0 Å². The Kier molecular flexibility index (Phi) is 5.18. The van der Waals surface area contributed by atoms with Gasteiger partial charge < -0.3 is 10.2 Å². The number of hydrogen-bond donors (Lipinski definition) is 1. The van der Waals surface area contributed by atoms with Crippen LogP contribution in [0.2, 0.25) is 0 Å². The number of rotatable bonds is 5. The third-order valence-corrected chi connectivity index (χ3v) is 4.87. The van der Waals surface area contributed by atoms with Crippen LogP contribution in [0.3, 0.4) is 0 Å². The first-order chi connectivity index (χ1) is 13.0. The van der Waals surface area contributed by atoms with Crippen LogP contribution in [0, 0.1) is 12.3 Å². The number of fused-ring (bicyclic) bond motifs is 1. The summed E-state index contributed by atoms with van der Waals surface area (Å²) in [6.07, 6.45) is 3.17. The van der Waals surface area contributed by atoms with Gasteiger partial charge >= 0.3 is 0 Å². The molecule has 0 radical (unpaired) electrons. The van der Waals surface area contributed by atoms with E-state index in [9.17, 15) is 0 Å². The molecule has 0 spiro atoms. The van der Waals surface area contributed by atoms with E-state index >= 15 is 0 Å². The van der Waals surface area contributed by atoms with E-state index in [0.717, 1.165) is 29.1 Å². The van der Waals surface area contributed by atoms with E-state index < -0.39 is 0 Å². The first-order valence-electron chi connectivity index (χ1n) is 10.00. The Hall–Kier alpha value is -2.49. The lowest BCUT2D eigenvalue weighted by molar-refractivity contribution is 0.302. The van der Waals surface area contributed by atoms with Crippen molar-refractivity contribution >= 4 is 17.2 Å². The van der Waals surface area contributed by atoms with Crippen LogP contribution in [0.4, 0.5) is 11.5 Å². The van der Waals surface area contributed by atoms with E-state index in [4.69, 9.17) is 4.98 Å². The molecule has 0 aliphatic rings. The van der Waals surface area contributed by atoms with Crippen molar-refractivity contribution in [1.29, 1.82) is 0 Å². The molecule has 0 fully saturated rings. The third kappa shape index (κ3) is 4.49. The molecule has 4 heteroatoms. The fraction of sp³-hybridized carbons (Fsp3) is 0.458. The van der Waals surface area contributed by atoms with Crippen molar-refractivity contribution in [2.24, 2.45) is 5.41 Å². The first kappa shape index (κ1) is 20.2. The normalized spacial score (nSPS) is 12.4. The molecule has 4 nitrogen and oxygen atoms in total. The zero-order valence-corrected chi connectivity index (χ0v) is 18.6. The molecular formula is C24H34N4. The molecule has 0 atom stereocenters. The Morgan fingerprint density at radius 1 is 1.00 bits per heavy atom. The number of nitrogens with one attached hydrogen (secondary N) is 1. The minimum Gasteiger partial charge on any atom is -0.378 e. The predicted molar refractivity (Wildman–Crippen MR) is 121 cm³/mol. The Bertz CT molecular complexity index is 957. The summed E-state index contributed by atoms with van der Waals surface area (Å²) in [7, 11) is 4.12. The molecule has 3 rings (SSSR count). The summed E-state index contributed by atoms with van der Waals surface area (Å²) in [4.78, 5) is 7.10. The topological polar surface area (TPSA) is 32.6 Å². The highest BCUT2D eigenvalue weighted by atomic mass is 15.2. The molecule has 1 aromatic carbocycles. The third-order valence-electron chi connectivity index (χ3n) is 4.87. The molecule has 0 unspecified atom stereocenters. The molecule has 0 aliphatic heterocycles. The highest BCUT2D eigenvalue weighted by Gasteiger charge is 2.28. The minimum atomic E-state index is -0.0581. The second-order valence-corrected chi connectivity index (χ2v) is 9.93. The van der Waals surface area contributed by atoms with Crippen molar-refractivity contribution in [1.82, 2.24) is 9.38 Å². The van der Waals surface area contributed by atoms with E-state index in [1.807, 2.05) is 0 Å². The van der Waals surface area contributed by atoms with Crippen LogP contribution in [0.5, 0.6) is 0 Å². The smallest absolute Gasteiger partial charge is 0.139 e. The van der Waals surface area contributed by atoms with Gasteiger partial charge in [0.1, 0.15) is 17.2 Å². The molecule has 0 amide bonds. The van der Waals surface area contributed by atoms with Crippen LogP contribution in [0.25, 0.3) is 16.9 Å². The Morgan fingerprint density at radius 3 is 2.21 bits per heavy atom. The summed E-state index contributed by atoms with van der Waals surface area (Å²) in [6.45, 7) is 13.5. The van der Waals surface area contributed by atoms with E-state index in [-0.39, 0.29) is 11.0 Å². The zero-order chi connectivity index (χ0) is 20.7. The summed E-state index contributed by atoms with van der Waals surface area (Å²) < 4.78 is 2.17. The maximum absolute atomic E-state index is 4.99. The number of pyridine rings is 1. The summed E-state index contributed by atoms with van der Waals surface area (Å²) in [5.41, 5.74) is 5.68. The lowest BCUT2D eigenvalue weighted by Crippen LogP contribution is -2.36. The van der Waals surface area contributed by atoms with Gasteiger partial charge in [0.25, 0.3) is 0 Å². The monoisotopic (exact) mass is 378 g/mol. The molecule has 150 valence electrons. The molecule has 2 aromatic heterocycles. The summed E-state index contributed by atoms with van der Waals surface area (Å²) in [6, 6.07) is 12.9. The van der Waals surface area contributed by atoms with E-state index in [2.05, 4.69) is 113 Å². The number of anilines is 2. The van der Waals surface area contributed by atoms with Crippen molar-refractivity contribution in [2.75, 3.05) is 24.3 Å². The number of aryl methyl sites for hydroxylation is 1. The van der Waals surface area contributed by atoms with E-state index in [0.29, 0.717) is 0 Å². The fourth-order valence-corrected chi connectivity index (χ4v) is 4.08. The van der Waals surface area contributed by atoms with Gasteiger partial charge in [-0.25, -0.2) is 4.98 Å². The van der Waals surface area contributed by atoms with Crippen molar-refractivity contribution < 1.29 is 0 Å². The van der Waals surface area contributed by atoms with Crippen LogP contribution in [0.1, 0.15) is 46.6 Å². The van der Waals surface area contributed by atoms with Gasteiger partial charge in [-0.3, -0.25) is 4.40 Å². The van der Waals surface area contributed by atoms with Crippen LogP contribution in [-0.4, -0.2) is 29.0 Å². The standard InChI is InChI=1S/C24H34N4/c1-17-13-14-28-20(15-17)25-21(18-9-11-19(12-10-18)27(7)8)22(28)26-24(5,6)16-23(2,3)4/h9-15,26H,16H2,1-8H3. The quantitative estimate of drug-likeness (QED) is 0.591. The number of aromatic nitrogens is 2. The minimum absolute atomic E-state index is 0.0581. The number of benzene rings is 1. The molecule has 1 N–H and O–H groups in total. The predicted octanol–water partition coefficient (Wildman–Crippen LogP) is 6.00. The molecule has 0 saturated heterocycles. The average Bonchev–Trinajstić information content (AvgIpc) is 2.89. The molecule has 3 aromatic rings. The maximum atomic E-state index is 4.99. The highest BCUT2D eigenvalue weighted by Crippen LogP contribution is 2.35. The second kappa shape index (κ2) is 7.16. The largest absolute Gasteiger partial charge is 0.378 e. The van der Waals surface area contributed by atoms with E-state index in [1.165, 1.54) is 11.3 Å². The number of nitrogens with zero attached hydrogens (tertiary/aromatic N) is 3. The SMILES string of the molecule is Cc1ccn2c(NC(C)(C)CC(C)(C)C)c(-c3ccc(N(C)C)cc3)nc2c1. The van der Waals surface area contributed by atoms with Crippen molar-refractivity contribution in [3.63, 3.8) is 0 Å². The van der Waals surface area contributed by atoms with Crippen molar-refractivity contribution in [3.8, 4) is 11.3 Å². The summed E-state index contributed by atoms with van der Waals surface area (Å²) in [5.74, 6) is 1.06. The molecule has 0 saturated carbocycles. The molecule has 0 aliphatic carbocycles. The molecule has 28 heavy (non-hydrogen) atoms. The Morgan fingerprint density at radius 2 is 1.64 bits per heavy atom. The summed E-state index contributed by atoms with van der Waals surface area (Å²) in [5, 5.41) is 3.81. The number of hydrogen-bond acceptors (Lipinski definition) is 3. The second-order valence-electron chi connectivity index (χ2n) is 9.93. The zero-order valence-electron chi connectivity index (χ0n) is 18.6. The molecule has 0 bridgehead atoms. The van der Waals surface area contributed by atoms with Crippen LogP contribution in [0.15, 0.2) is 42.6 Å². The van der Waals surface area contributed by atoms with Gasteiger partial charge in [0.15, 0.2) is 0 Å². The Balaban J connectivity index is 2.10. The highest BCUT2D eigenvalue weighted by molar-refractivity contribution is 5.78. The van der Waals surface area contributed by atoms with Crippen molar-refractivity contribution in [3.05, 3.63) is 48.2 Å². The van der Waals surface area contributed by atoms with Gasteiger partial charge in [-0.1, -0.05) is 32.9 Å². The van der Waals surface area contributed by atoms with Crippen molar-refractivity contribution in [2.45, 2.75) is 53.5 Å². The average molecular weight is 379 g/mol. The molecular weight excluding hydrogens is 344 g/mol. The van der Waals surface area contributed by atoms with Crippen LogP contribution >= 0.6 is 0 Å². The van der Waals surface area contributed by atoms with Gasteiger partial charge in [-0.05, 0) is 62.4 Å². The van der Waals surface area contributed by atoms with Gasteiger partial charge in [0.05, 0.1) is 0 Å². The molecule has 2 heterocycles. The fourth-order valence-electron chi connectivity index (χ4n) is 4.08. The number of imidazole rings is 1. The lowest BCUT2D eigenvalue weighted by Gasteiger charge is -2.34. The van der Waals surface area contributed by atoms with Gasteiger partial charge in [-0.15, -0.1) is 0 Å². The van der Waals surface area contributed by atoms with Crippen LogP contribution < -0.4 is 10.2 Å². The maximum Gasteiger partial charge on any atom is 0.139 e. The van der Waals surface area contributed by atoms with Gasteiger partial charge in [0, 0.05) is 37.1 Å². The van der Waals surface area contributed by atoms with Crippen LogP contribution in [-0.2, 0) is 0 Å².